The van der Waals surface area contributed by atoms with Gasteiger partial charge in [0.05, 0.1) is 0 Å². The lowest BCUT2D eigenvalue weighted by molar-refractivity contribution is 0.260. The van der Waals surface area contributed by atoms with E-state index in [1.165, 1.54) is 32.1 Å². The van der Waals surface area contributed by atoms with Crippen molar-refractivity contribution >= 4 is 12.2 Å². The van der Waals surface area contributed by atoms with Crippen LogP contribution >= 0.6 is 12.2 Å². The Kier molecular flexibility index (Phi) is 4.60. The standard InChI is InChI=1S/C14H25N3S/c1-10(2)13-15-16-14(18)17(13)8-7-12-6-4-5-11(3)9-12/h10-12H,4-9H2,1-3H3,(H,16,18). The van der Waals surface area contributed by atoms with E-state index in [9.17, 15) is 0 Å². The smallest absolute Gasteiger partial charge is 0.195 e. The zero-order chi connectivity index (χ0) is 13.1. The van der Waals surface area contributed by atoms with Gasteiger partial charge in [0.2, 0.25) is 0 Å². The molecule has 1 N–H and O–H groups in total. The first kappa shape index (κ1) is 13.8. The lowest BCUT2D eigenvalue weighted by Gasteiger charge is -2.26. The zero-order valence-electron chi connectivity index (χ0n) is 11.8. The number of nitrogens with zero attached hydrogens (tertiary/aromatic N) is 2. The van der Waals surface area contributed by atoms with E-state index in [0.29, 0.717) is 5.92 Å². The van der Waals surface area contributed by atoms with E-state index < -0.39 is 0 Å². The average molecular weight is 267 g/mol. The zero-order valence-corrected chi connectivity index (χ0v) is 12.6. The fraction of sp³-hybridized carbons (Fsp3) is 0.857. The van der Waals surface area contributed by atoms with Gasteiger partial charge in [0.25, 0.3) is 0 Å². The molecule has 0 aliphatic heterocycles. The van der Waals surface area contributed by atoms with Gasteiger partial charge < -0.3 is 4.57 Å². The predicted octanol–water partition coefficient (Wildman–Crippen LogP) is 4.28. The van der Waals surface area contributed by atoms with Crippen LogP contribution in [0.25, 0.3) is 0 Å². The van der Waals surface area contributed by atoms with Gasteiger partial charge in [0.1, 0.15) is 5.82 Å². The van der Waals surface area contributed by atoms with Gasteiger partial charge in [0.15, 0.2) is 4.77 Å². The van der Waals surface area contributed by atoms with Gasteiger partial charge in [0, 0.05) is 12.5 Å². The van der Waals surface area contributed by atoms with E-state index in [4.69, 9.17) is 12.2 Å². The van der Waals surface area contributed by atoms with Crippen molar-refractivity contribution in [2.75, 3.05) is 0 Å². The van der Waals surface area contributed by atoms with Crippen molar-refractivity contribution in [2.24, 2.45) is 11.8 Å². The molecule has 1 saturated carbocycles. The van der Waals surface area contributed by atoms with Crippen LogP contribution in [0.15, 0.2) is 0 Å². The third-order valence-electron chi connectivity index (χ3n) is 4.11. The fourth-order valence-electron chi connectivity index (χ4n) is 3.12. The van der Waals surface area contributed by atoms with Crippen LogP contribution in [0.3, 0.4) is 0 Å². The molecule has 0 saturated heterocycles. The Morgan fingerprint density at radius 1 is 1.44 bits per heavy atom. The molecule has 0 spiro atoms. The highest BCUT2D eigenvalue weighted by Crippen LogP contribution is 2.31. The second-order valence-corrected chi connectivity index (χ2v) is 6.51. The van der Waals surface area contributed by atoms with Crippen molar-refractivity contribution in [3.8, 4) is 0 Å². The molecule has 1 fully saturated rings. The number of aromatic nitrogens is 3. The Morgan fingerprint density at radius 2 is 2.22 bits per heavy atom. The van der Waals surface area contributed by atoms with Gasteiger partial charge in [-0.25, -0.2) is 0 Å². The van der Waals surface area contributed by atoms with E-state index in [2.05, 4.69) is 35.5 Å². The summed E-state index contributed by atoms with van der Waals surface area (Å²) in [4.78, 5) is 0. The van der Waals surface area contributed by atoms with E-state index in [-0.39, 0.29) is 0 Å². The van der Waals surface area contributed by atoms with Crippen molar-refractivity contribution < 1.29 is 0 Å². The van der Waals surface area contributed by atoms with Crippen LogP contribution in [-0.2, 0) is 6.54 Å². The van der Waals surface area contributed by atoms with Crippen molar-refractivity contribution in [1.29, 1.82) is 0 Å². The summed E-state index contributed by atoms with van der Waals surface area (Å²) >= 11 is 5.33. The summed E-state index contributed by atoms with van der Waals surface area (Å²) in [6.45, 7) is 7.75. The van der Waals surface area contributed by atoms with Crippen LogP contribution in [0.2, 0.25) is 0 Å². The Hall–Kier alpha value is -0.640. The van der Waals surface area contributed by atoms with E-state index in [0.717, 1.165) is 29.0 Å². The largest absolute Gasteiger partial charge is 0.304 e. The summed E-state index contributed by atoms with van der Waals surface area (Å²) in [5.41, 5.74) is 0. The minimum absolute atomic E-state index is 0.434. The molecule has 1 aliphatic rings. The lowest BCUT2D eigenvalue weighted by atomic mass is 9.81. The molecule has 0 bridgehead atoms. The minimum Gasteiger partial charge on any atom is -0.304 e. The van der Waals surface area contributed by atoms with Crippen LogP contribution in [-0.4, -0.2) is 14.8 Å². The normalized spacial score (nSPS) is 24.7. The van der Waals surface area contributed by atoms with E-state index >= 15 is 0 Å². The average Bonchev–Trinajstić information content (AvgIpc) is 2.68. The maximum absolute atomic E-state index is 5.33. The number of H-pyrrole nitrogens is 1. The van der Waals surface area contributed by atoms with Gasteiger partial charge in [-0.1, -0.05) is 40.0 Å². The van der Waals surface area contributed by atoms with Crippen molar-refractivity contribution in [1.82, 2.24) is 14.8 Å². The van der Waals surface area contributed by atoms with E-state index in [1.54, 1.807) is 0 Å². The molecule has 2 unspecified atom stereocenters. The van der Waals surface area contributed by atoms with Gasteiger partial charge in [-0.15, -0.1) is 0 Å². The third kappa shape index (κ3) is 3.22. The quantitative estimate of drug-likeness (QED) is 0.826. The summed E-state index contributed by atoms with van der Waals surface area (Å²) < 4.78 is 2.97. The third-order valence-corrected chi connectivity index (χ3v) is 4.42. The molecular weight excluding hydrogens is 242 g/mol. The van der Waals surface area contributed by atoms with Crippen molar-refractivity contribution in [3.05, 3.63) is 10.6 Å². The molecule has 3 nitrogen and oxygen atoms in total. The SMILES string of the molecule is CC1CCCC(CCn2c(C(C)C)n[nH]c2=S)C1. The Balaban J connectivity index is 1.97. The molecule has 1 heterocycles. The molecule has 1 aromatic heterocycles. The summed E-state index contributed by atoms with van der Waals surface area (Å²) in [6.07, 6.45) is 6.85. The Labute approximate surface area is 115 Å². The molecular formula is C14H25N3S. The van der Waals surface area contributed by atoms with Gasteiger partial charge in [-0.05, 0) is 36.9 Å². The van der Waals surface area contributed by atoms with Crippen LogP contribution in [0.5, 0.6) is 0 Å². The molecule has 0 radical (unpaired) electrons. The van der Waals surface area contributed by atoms with Gasteiger partial charge >= 0.3 is 0 Å². The molecule has 1 aromatic rings. The van der Waals surface area contributed by atoms with Crippen LogP contribution in [0, 0.1) is 16.6 Å². The number of rotatable bonds is 4. The summed E-state index contributed by atoms with van der Waals surface area (Å²) in [5.74, 6) is 3.32. The second-order valence-electron chi connectivity index (χ2n) is 6.12. The number of hydrogen-bond acceptors (Lipinski definition) is 2. The van der Waals surface area contributed by atoms with Crippen molar-refractivity contribution in [3.63, 3.8) is 0 Å². The second kappa shape index (κ2) is 6.00. The molecule has 1 aliphatic carbocycles. The number of hydrogen-bond donors (Lipinski definition) is 1. The molecule has 102 valence electrons. The van der Waals surface area contributed by atoms with Gasteiger partial charge in [-0.2, -0.15) is 5.10 Å². The van der Waals surface area contributed by atoms with Gasteiger partial charge in [-0.3, -0.25) is 5.10 Å². The van der Waals surface area contributed by atoms with Crippen LogP contribution in [0.1, 0.15) is 64.6 Å². The molecule has 2 atom stereocenters. The minimum atomic E-state index is 0.434. The first-order valence-electron chi connectivity index (χ1n) is 7.23. The topological polar surface area (TPSA) is 33.6 Å². The summed E-state index contributed by atoms with van der Waals surface area (Å²) in [5, 5.41) is 7.27. The monoisotopic (exact) mass is 267 g/mol. The maximum Gasteiger partial charge on any atom is 0.195 e. The molecule has 18 heavy (non-hydrogen) atoms. The highest BCUT2D eigenvalue weighted by molar-refractivity contribution is 7.71. The van der Waals surface area contributed by atoms with Crippen molar-refractivity contribution in [2.45, 2.75) is 65.3 Å². The predicted molar refractivity (Wildman–Crippen MR) is 77.2 cm³/mol. The fourth-order valence-corrected chi connectivity index (χ4v) is 3.35. The first-order valence-corrected chi connectivity index (χ1v) is 7.63. The highest BCUT2D eigenvalue weighted by atomic mass is 32.1. The number of nitrogens with one attached hydrogen (secondary N) is 1. The summed E-state index contributed by atoms with van der Waals surface area (Å²) in [7, 11) is 0. The number of aromatic amines is 1. The summed E-state index contributed by atoms with van der Waals surface area (Å²) in [6, 6.07) is 0. The molecule has 0 aromatic carbocycles. The molecule has 4 heteroatoms. The van der Waals surface area contributed by atoms with Crippen LogP contribution in [0.4, 0.5) is 0 Å². The molecule has 2 rings (SSSR count). The Bertz CT molecular complexity index is 432. The molecule has 0 amide bonds. The first-order chi connectivity index (χ1) is 8.58. The van der Waals surface area contributed by atoms with Crippen LogP contribution < -0.4 is 0 Å². The lowest BCUT2D eigenvalue weighted by Crippen LogP contribution is -2.16. The van der Waals surface area contributed by atoms with E-state index in [1.807, 2.05) is 0 Å². The maximum atomic E-state index is 5.33. The Morgan fingerprint density at radius 3 is 2.89 bits per heavy atom. The highest BCUT2D eigenvalue weighted by Gasteiger charge is 2.19.